The first-order valence-electron chi connectivity index (χ1n) is 9.47. The maximum absolute atomic E-state index is 12.3. The summed E-state index contributed by atoms with van der Waals surface area (Å²) in [6.45, 7) is 1.94. The van der Waals surface area contributed by atoms with Crippen molar-refractivity contribution in [1.29, 1.82) is 0 Å². The van der Waals surface area contributed by atoms with Crippen molar-refractivity contribution in [3.05, 3.63) is 96.6 Å². The maximum Gasteiger partial charge on any atom is 0.519 e. The SMILES string of the molecule is Cc1cccc(OC(=O)Oc2cccc3cc4cc5ccccc5cc4cc23)c1. The van der Waals surface area contributed by atoms with Gasteiger partial charge in [-0.1, -0.05) is 48.5 Å². The second-order valence-corrected chi connectivity index (χ2v) is 7.15. The third-order valence-corrected chi connectivity index (χ3v) is 5.05. The molecule has 5 aromatic rings. The zero-order valence-corrected chi connectivity index (χ0v) is 15.9. The third kappa shape index (κ3) is 3.39. The Bertz CT molecular complexity index is 1390. The highest BCUT2D eigenvalue weighted by Gasteiger charge is 2.12. The fourth-order valence-electron chi connectivity index (χ4n) is 3.66. The van der Waals surface area contributed by atoms with Crippen LogP contribution in [-0.4, -0.2) is 6.16 Å². The fourth-order valence-corrected chi connectivity index (χ4v) is 3.66. The molecule has 5 rings (SSSR count). The molecule has 0 spiro atoms. The molecule has 0 unspecified atom stereocenters. The van der Waals surface area contributed by atoms with E-state index in [4.69, 9.17) is 9.47 Å². The van der Waals surface area contributed by atoms with Crippen molar-refractivity contribution in [2.45, 2.75) is 6.92 Å². The summed E-state index contributed by atoms with van der Waals surface area (Å²) in [5, 5.41) is 6.50. The van der Waals surface area contributed by atoms with E-state index >= 15 is 0 Å². The molecule has 0 amide bonds. The molecule has 0 aliphatic rings. The molecule has 0 heterocycles. The van der Waals surface area contributed by atoms with Gasteiger partial charge >= 0.3 is 6.16 Å². The number of carbonyl (C=O) groups excluding carboxylic acids is 1. The first kappa shape index (κ1) is 17.3. The predicted octanol–water partition coefficient (Wildman–Crippen LogP) is 7.03. The molecule has 0 atom stereocenters. The van der Waals surface area contributed by atoms with Gasteiger partial charge in [0.25, 0.3) is 0 Å². The molecular formula is C26H18O3. The summed E-state index contributed by atoms with van der Waals surface area (Å²) in [6, 6.07) is 29.8. The lowest BCUT2D eigenvalue weighted by Gasteiger charge is -2.10. The van der Waals surface area contributed by atoms with Gasteiger partial charge in [0.2, 0.25) is 0 Å². The Morgan fingerprint density at radius 3 is 2.03 bits per heavy atom. The summed E-state index contributed by atoms with van der Waals surface area (Å²) >= 11 is 0. The van der Waals surface area contributed by atoms with Crippen molar-refractivity contribution < 1.29 is 14.3 Å². The van der Waals surface area contributed by atoms with Crippen molar-refractivity contribution in [1.82, 2.24) is 0 Å². The Morgan fingerprint density at radius 2 is 1.28 bits per heavy atom. The molecule has 3 nitrogen and oxygen atoms in total. The topological polar surface area (TPSA) is 35.5 Å². The van der Waals surface area contributed by atoms with Crippen LogP contribution in [0, 0.1) is 6.92 Å². The quantitative estimate of drug-likeness (QED) is 0.188. The highest BCUT2D eigenvalue weighted by atomic mass is 16.7. The van der Waals surface area contributed by atoms with Crippen LogP contribution in [0.2, 0.25) is 0 Å². The number of hydrogen-bond donors (Lipinski definition) is 0. The Morgan fingerprint density at radius 1 is 0.621 bits per heavy atom. The minimum absolute atomic E-state index is 0.465. The molecule has 0 saturated heterocycles. The van der Waals surface area contributed by atoms with E-state index in [1.165, 1.54) is 10.8 Å². The van der Waals surface area contributed by atoms with Crippen LogP contribution in [0.15, 0.2) is 91.0 Å². The highest BCUT2D eigenvalue weighted by Crippen LogP contribution is 2.32. The fraction of sp³-hybridized carbons (Fsp3) is 0.0385. The van der Waals surface area contributed by atoms with E-state index in [0.29, 0.717) is 11.5 Å². The Labute approximate surface area is 168 Å². The van der Waals surface area contributed by atoms with Crippen molar-refractivity contribution in [3.63, 3.8) is 0 Å². The molecule has 0 radical (unpaired) electrons. The number of benzene rings is 5. The summed E-state index contributed by atoms with van der Waals surface area (Å²) in [5.41, 5.74) is 1.01. The van der Waals surface area contributed by atoms with Gasteiger partial charge < -0.3 is 9.47 Å². The largest absolute Gasteiger partial charge is 0.519 e. The van der Waals surface area contributed by atoms with Gasteiger partial charge in [0.1, 0.15) is 11.5 Å². The molecule has 0 aromatic heterocycles. The van der Waals surface area contributed by atoms with Crippen LogP contribution in [0.4, 0.5) is 4.79 Å². The summed E-state index contributed by atoms with van der Waals surface area (Å²) in [6.07, 6.45) is -0.748. The van der Waals surface area contributed by atoms with E-state index in [1.807, 2.05) is 43.3 Å². The normalized spacial score (nSPS) is 11.1. The van der Waals surface area contributed by atoms with Crippen LogP contribution in [-0.2, 0) is 0 Å². The van der Waals surface area contributed by atoms with Gasteiger partial charge in [-0.25, -0.2) is 4.79 Å². The van der Waals surface area contributed by atoms with Gasteiger partial charge in [-0.05, 0) is 81.9 Å². The van der Waals surface area contributed by atoms with Gasteiger partial charge in [0.05, 0.1) is 0 Å². The third-order valence-electron chi connectivity index (χ3n) is 5.05. The zero-order valence-electron chi connectivity index (χ0n) is 15.9. The standard InChI is InChI=1S/C26H18O3/c1-17-6-4-10-23(12-17)28-26(27)29-25-11-5-9-20-15-21-13-18-7-2-3-8-19(18)14-22(21)16-24(20)25/h2-16H,1H3. The van der Waals surface area contributed by atoms with Crippen LogP contribution in [0.3, 0.4) is 0 Å². The molecule has 0 aliphatic carbocycles. The first-order chi connectivity index (χ1) is 14.2. The highest BCUT2D eigenvalue weighted by molar-refractivity contribution is 6.06. The molecule has 5 aromatic carbocycles. The number of fused-ring (bicyclic) bond motifs is 3. The monoisotopic (exact) mass is 378 g/mol. The first-order valence-corrected chi connectivity index (χ1v) is 9.47. The minimum Gasteiger partial charge on any atom is -0.395 e. The van der Waals surface area contributed by atoms with Crippen molar-refractivity contribution in [2.75, 3.05) is 0 Å². The van der Waals surface area contributed by atoms with Crippen LogP contribution in [0.5, 0.6) is 11.5 Å². The number of carbonyl (C=O) groups is 1. The van der Waals surface area contributed by atoms with Gasteiger partial charge in [-0.15, -0.1) is 0 Å². The number of ether oxygens (including phenoxy) is 2. The second kappa shape index (κ2) is 6.95. The lowest BCUT2D eigenvalue weighted by atomic mass is 9.99. The molecule has 0 fully saturated rings. The summed E-state index contributed by atoms with van der Waals surface area (Å²) in [5.74, 6) is 0.947. The summed E-state index contributed by atoms with van der Waals surface area (Å²) in [7, 11) is 0. The minimum atomic E-state index is -0.748. The summed E-state index contributed by atoms with van der Waals surface area (Å²) < 4.78 is 10.9. The molecular weight excluding hydrogens is 360 g/mol. The van der Waals surface area contributed by atoms with Gasteiger partial charge in [-0.2, -0.15) is 0 Å². The van der Waals surface area contributed by atoms with Gasteiger partial charge in [0, 0.05) is 5.39 Å². The lowest BCUT2D eigenvalue weighted by molar-refractivity contribution is 0.152. The van der Waals surface area contributed by atoms with Crippen LogP contribution >= 0.6 is 0 Å². The van der Waals surface area contributed by atoms with Crippen molar-refractivity contribution >= 4 is 38.5 Å². The van der Waals surface area contributed by atoms with Gasteiger partial charge in [0.15, 0.2) is 0 Å². The van der Waals surface area contributed by atoms with Crippen molar-refractivity contribution in [3.8, 4) is 11.5 Å². The predicted molar refractivity (Wildman–Crippen MR) is 117 cm³/mol. The van der Waals surface area contributed by atoms with E-state index in [2.05, 4.69) is 36.4 Å². The summed E-state index contributed by atoms with van der Waals surface area (Å²) in [4.78, 5) is 12.3. The van der Waals surface area contributed by atoms with E-state index in [9.17, 15) is 4.79 Å². The van der Waals surface area contributed by atoms with Crippen LogP contribution in [0.1, 0.15) is 5.56 Å². The van der Waals surface area contributed by atoms with Crippen molar-refractivity contribution in [2.24, 2.45) is 0 Å². The zero-order chi connectivity index (χ0) is 19.8. The molecule has 29 heavy (non-hydrogen) atoms. The van der Waals surface area contributed by atoms with E-state index in [-0.39, 0.29) is 0 Å². The maximum atomic E-state index is 12.3. The molecule has 0 saturated carbocycles. The lowest BCUT2D eigenvalue weighted by Crippen LogP contribution is -2.14. The smallest absolute Gasteiger partial charge is 0.395 e. The van der Waals surface area contributed by atoms with E-state index in [0.717, 1.165) is 27.1 Å². The van der Waals surface area contributed by atoms with Crippen LogP contribution < -0.4 is 9.47 Å². The number of rotatable bonds is 2. The van der Waals surface area contributed by atoms with E-state index < -0.39 is 6.16 Å². The molecule has 3 heteroatoms. The molecule has 0 N–H and O–H groups in total. The van der Waals surface area contributed by atoms with E-state index in [1.54, 1.807) is 18.2 Å². The molecule has 0 bridgehead atoms. The molecule has 0 aliphatic heterocycles. The Hall–Kier alpha value is -3.85. The molecule has 140 valence electrons. The van der Waals surface area contributed by atoms with Gasteiger partial charge in [-0.3, -0.25) is 0 Å². The van der Waals surface area contributed by atoms with Crippen LogP contribution in [0.25, 0.3) is 32.3 Å². The number of aryl methyl sites for hydroxylation is 1. The Balaban J connectivity index is 1.54. The number of hydrogen-bond acceptors (Lipinski definition) is 3. The average Bonchev–Trinajstić information content (AvgIpc) is 2.71. The Kier molecular flexibility index (Phi) is 4.14. The average molecular weight is 378 g/mol. The second-order valence-electron chi connectivity index (χ2n) is 7.15.